The first-order valence-corrected chi connectivity index (χ1v) is 8.40. The molecule has 0 aliphatic heterocycles. The van der Waals surface area contributed by atoms with Crippen molar-refractivity contribution in [3.05, 3.63) is 53.8 Å². The summed E-state index contributed by atoms with van der Waals surface area (Å²) >= 11 is 0. The number of aromatic nitrogens is 2. The van der Waals surface area contributed by atoms with Crippen LogP contribution in [0.25, 0.3) is 16.7 Å². The van der Waals surface area contributed by atoms with Crippen molar-refractivity contribution in [2.24, 2.45) is 11.8 Å². The molecule has 0 aliphatic rings. The van der Waals surface area contributed by atoms with E-state index in [0.29, 0.717) is 28.2 Å². The fraction of sp³-hybridized carbons (Fsp3) is 0.250. The Morgan fingerprint density at radius 2 is 1.88 bits per heavy atom. The molecule has 6 heteroatoms. The van der Waals surface area contributed by atoms with Crippen LogP contribution in [-0.2, 0) is 4.79 Å². The zero-order valence-corrected chi connectivity index (χ0v) is 14.8. The fourth-order valence-electron chi connectivity index (χ4n) is 2.61. The number of hydrogen-bond acceptors (Lipinski definition) is 3. The van der Waals surface area contributed by atoms with Crippen LogP contribution in [0.1, 0.15) is 26.3 Å². The minimum Gasteiger partial charge on any atom is -0.295 e. The monoisotopic (exact) mass is 350 g/mol. The summed E-state index contributed by atoms with van der Waals surface area (Å²) in [5.41, 5.74) is 2.44. The van der Waals surface area contributed by atoms with Crippen molar-refractivity contribution in [1.29, 1.82) is 5.26 Å². The van der Waals surface area contributed by atoms with Crippen LogP contribution in [0.15, 0.2) is 42.5 Å². The number of benzene rings is 2. The average molecular weight is 350 g/mol. The van der Waals surface area contributed by atoms with Gasteiger partial charge in [0.05, 0.1) is 22.7 Å². The van der Waals surface area contributed by atoms with E-state index >= 15 is 0 Å². The van der Waals surface area contributed by atoms with Crippen LogP contribution in [0.5, 0.6) is 0 Å². The van der Waals surface area contributed by atoms with Crippen molar-refractivity contribution in [3.8, 4) is 11.8 Å². The summed E-state index contributed by atoms with van der Waals surface area (Å²) in [6.07, 6.45) is 0. The molecule has 0 unspecified atom stereocenters. The lowest BCUT2D eigenvalue weighted by Gasteiger charge is -2.16. The smallest absolute Gasteiger partial charge is 0.229 e. The topological polar surface area (TPSA) is 70.7 Å². The van der Waals surface area contributed by atoms with Gasteiger partial charge in [-0.15, -0.1) is 0 Å². The second kappa shape index (κ2) is 6.96. The molecule has 3 rings (SSSR count). The number of carbonyl (C=O) groups excluding carboxylic acids is 1. The second-order valence-electron chi connectivity index (χ2n) is 6.58. The third-order valence-corrected chi connectivity index (χ3v) is 4.52. The van der Waals surface area contributed by atoms with E-state index in [2.05, 4.69) is 16.4 Å². The van der Waals surface area contributed by atoms with Crippen molar-refractivity contribution in [3.63, 3.8) is 0 Å². The van der Waals surface area contributed by atoms with Crippen LogP contribution in [0, 0.1) is 29.0 Å². The second-order valence-corrected chi connectivity index (χ2v) is 6.58. The Balaban J connectivity index is 2.15. The molecule has 1 heterocycles. The van der Waals surface area contributed by atoms with Crippen molar-refractivity contribution in [2.45, 2.75) is 20.8 Å². The highest BCUT2D eigenvalue weighted by Crippen LogP contribution is 2.26. The standard InChI is InChI=1S/C20H19FN4O/c1-12(2)13(3)19(26)24-20-23-17-9-4-14(11-22)10-18(17)25(20)16-7-5-15(21)6-8-16/h4-10,12-13H,1-3H3,(H,23,24,26)/t13-/m0/s1. The van der Waals surface area contributed by atoms with E-state index < -0.39 is 0 Å². The molecule has 2 aromatic carbocycles. The van der Waals surface area contributed by atoms with E-state index in [9.17, 15) is 14.4 Å². The highest BCUT2D eigenvalue weighted by molar-refractivity contribution is 5.94. The molecule has 5 nitrogen and oxygen atoms in total. The SMILES string of the molecule is CC(C)[C@H](C)C(=O)Nc1nc2ccc(C#N)cc2n1-c1ccc(F)cc1. The maximum atomic E-state index is 13.3. The van der Waals surface area contributed by atoms with Gasteiger partial charge >= 0.3 is 0 Å². The molecule has 0 spiro atoms. The molecule has 0 bridgehead atoms. The van der Waals surface area contributed by atoms with Crippen LogP contribution in [0.3, 0.4) is 0 Å². The molecule has 1 amide bonds. The number of halogens is 1. The molecular weight excluding hydrogens is 331 g/mol. The Morgan fingerprint density at radius 1 is 1.19 bits per heavy atom. The van der Waals surface area contributed by atoms with Gasteiger partial charge < -0.3 is 0 Å². The third kappa shape index (κ3) is 3.29. The van der Waals surface area contributed by atoms with E-state index in [4.69, 9.17) is 0 Å². The van der Waals surface area contributed by atoms with Crippen LogP contribution in [0.4, 0.5) is 10.3 Å². The van der Waals surface area contributed by atoms with Gasteiger partial charge in [0, 0.05) is 11.6 Å². The number of rotatable bonds is 4. The van der Waals surface area contributed by atoms with Crippen molar-refractivity contribution in [1.82, 2.24) is 9.55 Å². The van der Waals surface area contributed by atoms with Crippen LogP contribution in [0.2, 0.25) is 0 Å². The fourth-order valence-corrected chi connectivity index (χ4v) is 2.61. The lowest BCUT2D eigenvalue weighted by molar-refractivity contribution is -0.120. The Hall–Kier alpha value is -3.20. The lowest BCUT2D eigenvalue weighted by atomic mass is 9.97. The molecule has 132 valence electrons. The summed E-state index contributed by atoms with van der Waals surface area (Å²) in [6.45, 7) is 5.82. The number of fused-ring (bicyclic) bond motifs is 1. The van der Waals surface area contributed by atoms with Gasteiger partial charge in [-0.2, -0.15) is 5.26 Å². The number of imidazole rings is 1. The molecule has 1 atom stereocenters. The number of hydrogen-bond donors (Lipinski definition) is 1. The number of nitrogens with one attached hydrogen (secondary N) is 1. The quantitative estimate of drug-likeness (QED) is 0.764. The largest absolute Gasteiger partial charge is 0.295 e. The van der Waals surface area contributed by atoms with Gasteiger partial charge in [-0.1, -0.05) is 20.8 Å². The summed E-state index contributed by atoms with van der Waals surface area (Å²) in [5, 5.41) is 12.0. The molecule has 0 aliphatic carbocycles. The first kappa shape index (κ1) is 17.6. The van der Waals surface area contributed by atoms with E-state index in [1.54, 1.807) is 34.9 Å². The van der Waals surface area contributed by atoms with E-state index in [-0.39, 0.29) is 23.6 Å². The molecule has 0 fully saturated rings. The van der Waals surface area contributed by atoms with Gasteiger partial charge in [-0.3, -0.25) is 14.7 Å². The molecule has 26 heavy (non-hydrogen) atoms. The van der Waals surface area contributed by atoms with E-state index in [1.807, 2.05) is 20.8 Å². The van der Waals surface area contributed by atoms with Crippen LogP contribution >= 0.6 is 0 Å². The van der Waals surface area contributed by atoms with Gasteiger partial charge in [0.1, 0.15) is 5.82 Å². The molecule has 0 saturated heterocycles. The Kier molecular flexibility index (Phi) is 4.72. The molecule has 0 radical (unpaired) electrons. The molecule has 1 aromatic heterocycles. The Bertz CT molecular complexity index is 999. The Labute approximate surface area is 151 Å². The minimum absolute atomic E-state index is 0.140. The summed E-state index contributed by atoms with van der Waals surface area (Å²) in [4.78, 5) is 17.0. The minimum atomic E-state index is -0.352. The van der Waals surface area contributed by atoms with Gasteiger partial charge in [0.15, 0.2) is 0 Å². The number of nitrogens with zero attached hydrogens (tertiary/aromatic N) is 3. The Morgan fingerprint density at radius 3 is 2.50 bits per heavy atom. The number of anilines is 1. The summed E-state index contributed by atoms with van der Waals surface area (Å²) in [5.74, 6) is -0.150. The summed E-state index contributed by atoms with van der Waals surface area (Å²) in [7, 11) is 0. The summed E-state index contributed by atoms with van der Waals surface area (Å²) in [6, 6.07) is 13.1. The van der Waals surface area contributed by atoms with E-state index in [1.165, 1.54) is 12.1 Å². The van der Waals surface area contributed by atoms with Crippen molar-refractivity contribution >= 4 is 22.9 Å². The molecule has 3 aromatic rings. The predicted molar refractivity (Wildman–Crippen MR) is 98.4 cm³/mol. The number of nitriles is 1. The number of carbonyl (C=O) groups is 1. The average Bonchev–Trinajstić information content (AvgIpc) is 2.98. The predicted octanol–water partition coefficient (Wildman–Crippen LogP) is 4.27. The zero-order chi connectivity index (χ0) is 18.8. The third-order valence-electron chi connectivity index (χ3n) is 4.52. The van der Waals surface area contributed by atoms with Crippen molar-refractivity contribution in [2.75, 3.05) is 5.32 Å². The lowest BCUT2D eigenvalue weighted by Crippen LogP contribution is -2.25. The maximum absolute atomic E-state index is 13.3. The maximum Gasteiger partial charge on any atom is 0.229 e. The van der Waals surface area contributed by atoms with Gasteiger partial charge in [-0.25, -0.2) is 9.37 Å². The highest BCUT2D eigenvalue weighted by atomic mass is 19.1. The van der Waals surface area contributed by atoms with Crippen LogP contribution in [-0.4, -0.2) is 15.5 Å². The molecular formula is C20H19FN4O. The van der Waals surface area contributed by atoms with Gasteiger partial charge in [-0.05, 0) is 48.4 Å². The normalized spacial score (nSPS) is 12.2. The first-order valence-electron chi connectivity index (χ1n) is 8.40. The van der Waals surface area contributed by atoms with Gasteiger partial charge in [0.2, 0.25) is 11.9 Å². The van der Waals surface area contributed by atoms with Crippen molar-refractivity contribution < 1.29 is 9.18 Å². The zero-order valence-electron chi connectivity index (χ0n) is 14.8. The first-order chi connectivity index (χ1) is 12.4. The summed E-state index contributed by atoms with van der Waals surface area (Å²) < 4.78 is 15.1. The van der Waals surface area contributed by atoms with Crippen LogP contribution < -0.4 is 5.32 Å². The molecule has 1 N–H and O–H groups in total. The van der Waals surface area contributed by atoms with Gasteiger partial charge in [0.25, 0.3) is 0 Å². The number of amides is 1. The highest BCUT2D eigenvalue weighted by Gasteiger charge is 2.21. The molecule has 0 saturated carbocycles. The van der Waals surface area contributed by atoms with E-state index in [0.717, 1.165) is 0 Å².